The number of rotatable bonds is 4. The van der Waals surface area contributed by atoms with E-state index >= 15 is 0 Å². The first-order valence-corrected chi connectivity index (χ1v) is 10.7. The summed E-state index contributed by atoms with van der Waals surface area (Å²) in [6.45, 7) is 11.6. The van der Waals surface area contributed by atoms with Crippen LogP contribution < -0.4 is 5.56 Å². The Labute approximate surface area is 161 Å². The first kappa shape index (κ1) is 19.4. The molecule has 2 aromatic heterocycles. The third kappa shape index (κ3) is 3.68. The minimum atomic E-state index is -0.0112. The summed E-state index contributed by atoms with van der Waals surface area (Å²) >= 11 is 2.89. The van der Waals surface area contributed by atoms with Crippen LogP contribution in [0.4, 0.5) is 0 Å². The summed E-state index contributed by atoms with van der Waals surface area (Å²) in [6.07, 6.45) is 0.0983. The highest BCUT2D eigenvalue weighted by Crippen LogP contribution is 2.28. The lowest BCUT2D eigenvalue weighted by molar-refractivity contribution is -0.140. The summed E-state index contributed by atoms with van der Waals surface area (Å²) in [4.78, 5) is 33.9. The molecule has 2 atom stereocenters. The number of thiophene rings is 1. The average Bonchev–Trinajstić information content (AvgIpc) is 2.86. The van der Waals surface area contributed by atoms with Crippen molar-refractivity contribution in [2.24, 2.45) is 0 Å². The predicted molar refractivity (Wildman–Crippen MR) is 106 cm³/mol. The molecule has 142 valence electrons. The molecule has 0 unspecified atom stereocenters. The molecule has 3 rings (SSSR count). The molecule has 0 N–H and O–H groups in total. The van der Waals surface area contributed by atoms with Crippen molar-refractivity contribution in [3.05, 3.63) is 20.8 Å². The van der Waals surface area contributed by atoms with Gasteiger partial charge in [-0.1, -0.05) is 11.8 Å². The van der Waals surface area contributed by atoms with E-state index in [1.165, 1.54) is 23.1 Å². The number of amides is 1. The first-order valence-electron chi connectivity index (χ1n) is 8.88. The molecule has 1 saturated heterocycles. The number of thioether (sulfide) groups is 1. The second kappa shape index (κ2) is 7.70. The molecular formula is C18H25N3O3S2. The van der Waals surface area contributed by atoms with E-state index in [1.54, 1.807) is 4.57 Å². The lowest BCUT2D eigenvalue weighted by atomic mass is 10.2. The van der Waals surface area contributed by atoms with Crippen molar-refractivity contribution in [2.75, 3.05) is 18.8 Å². The number of carbonyl (C=O) groups is 1. The number of aryl methyl sites for hydroxylation is 2. The van der Waals surface area contributed by atoms with Gasteiger partial charge in [0.15, 0.2) is 5.16 Å². The largest absolute Gasteiger partial charge is 0.372 e. The third-order valence-electron chi connectivity index (χ3n) is 4.67. The van der Waals surface area contributed by atoms with Crippen molar-refractivity contribution in [1.29, 1.82) is 0 Å². The summed E-state index contributed by atoms with van der Waals surface area (Å²) < 4.78 is 7.36. The predicted octanol–water partition coefficient (Wildman–Crippen LogP) is 2.82. The zero-order valence-corrected chi connectivity index (χ0v) is 17.5. The Hall–Kier alpha value is -1.38. The number of morpholine rings is 1. The standard InChI is InChI=1S/C18H25N3O3S2/c1-6-21-17(23)15-12(4)13(5)26-16(15)19-18(21)25-9-14(22)20-7-10(2)24-11(3)8-20/h10-11H,6-9H2,1-5H3/t10-,11-/m1/s1. The lowest BCUT2D eigenvalue weighted by Gasteiger charge is -2.35. The molecule has 0 aromatic carbocycles. The number of hydrogen-bond acceptors (Lipinski definition) is 6. The normalized spacial score (nSPS) is 20.7. The molecule has 1 fully saturated rings. The van der Waals surface area contributed by atoms with Crippen molar-refractivity contribution in [3.8, 4) is 0 Å². The van der Waals surface area contributed by atoms with E-state index in [1.807, 2.05) is 39.5 Å². The molecule has 1 amide bonds. The summed E-state index contributed by atoms with van der Waals surface area (Å²) in [7, 11) is 0. The Balaban J connectivity index is 1.82. The Morgan fingerprint density at radius 2 is 1.96 bits per heavy atom. The van der Waals surface area contributed by atoms with Gasteiger partial charge < -0.3 is 9.64 Å². The molecule has 8 heteroatoms. The highest BCUT2D eigenvalue weighted by atomic mass is 32.2. The number of hydrogen-bond donors (Lipinski definition) is 0. The van der Waals surface area contributed by atoms with Gasteiger partial charge in [0, 0.05) is 24.5 Å². The Morgan fingerprint density at radius 1 is 1.31 bits per heavy atom. The number of fused-ring (bicyclic) bond motifs is 1. The van der Waals surface area contributed by atoms with Gasteiger partial charge in [-0.2, -0.15) is 0 Å². The van der Waals surface area contributed by atoms with Crippen molar-refractivity contribution in [1.82, 2.24) is 14.5 Å². The van der Waals surface area contributed by atoms with E-state index < -0.39 is 0 Å². The summed E-state index contributed by atoms with van der Waals surface area (Å²) in [6, 6.07) is 0. The molecule has 0 radical (unpaired) electrons. The van der Waals surface area contributed by atoms with Crippen molar-refractivity contribution in [3.63, 3.8) is 0 Å². The van der Waals surface area contributed by atoms with Gasteiger partial charge in [0.05, 0.1) is 23.3 Å². The monoisotopic (exact) mass is 395 g/mol. The second-order valence-corrected chi connectivity index (χ2v) is 8.90. The molecule has 0 spiro atoms. The highest BCUT2D eigenvalue weighted by Gasteiger charge is 2.26. The van der Waals surface area contributed by atoms with Gasteiger partial charge in [-0.15, -0.1) is 11.3 Å². The maximum atomic E-state index is 12.9. The zero-order chi connectivity index (χ0) is 19.0. The molecule has 0 saturated carbocycles. The van der Waals surface area contributed by atoms with E-state index in [2.05, 4.69) is 4.98 Å². The lowest BCUT2D eigenvalue weighted by Crippen LogP contribution is -2.48. The number of aromatic nitrogens is 2. The van der Waals surface area contributed by atoms with Crippen LogP contribution in [0.15, 0.2) is 9.95 Å². The van der Waals surface area contributed by atoms with Crippen LogP contribution in [0.25, 0.3) is 10.2 Å². The van der Waals surface area contributed by atoms with E-state index in [0.717, 1.165) is 15.3 Å². The molecule has 1 aliphatic heterocycles. The van der Waals surface area contributed by atoms with Crippen molar-refractivity contribution < 1.29 is 9.53 Å². The minimum Gasteiger partial charge on any atom is -0.372 e. The molecule has 0 aliphatic carbocycles. The molecule has 6 nitrogen and oxygen atoms in total. The highest BCUT2D eigenvalue weighted by molar-refractivity contribution is 7.99. The number of ether oxygens (including phenoxy) is 1. The summed E-state index contributed by atoms with van der Waals surface area (Å²) in [5.74, 6) is 0.341. The number of nitrogens with zero attached hydrogens (tertiary/aromatic N) is 3. The van der Waals surface area contributed by atoms with E-state index in [9.17, 15) is 9.59 Å². The van der Waals surface area contributed by atoms with Gasteiger partial charge in [-0.05, 0) is 40.2 Å². The number of carbonyl (C=O) groups excluding carboxylic acids is 1. The Morgan fingerprint density at radius 3 is 2.58 bits per heavy atom. The van der Waals surface area contributed by atoms with Crippen LogP contribution in [-0.2, 0) is 16.1 Å². The van der Waals surface area contributed by atoms with Crippen LogP contribution in [0.1, 0.15) is 31.2 Å². The smallest absolute Gasteiger partial charge is 0.263 e. The maximum Gasteiger partial charge on any atom is 0.263 e. The molecule has 26 heavy (non-hydrogen) atoms. The SMILES string of the molecule is CCn1c(SCC(=O)N2C[C@@H](C)O[C@H](C)C2)nc2sc(C)c(C)c2c1=O. The van der Waals surface area contributed by atoms with Crippen molar-refractivity contribution in [2.45, 2.75) is 58.5 Å². The summed E-state index contributed by atoms with van der Waals surface area (Å²) in [5, 5.41) is 1.33. The van der Waals surface area contributed by atoms with Gasteiger partial charge in [0.25, 0.3) is 5.56 Å². The second-order valence-electron chi connectivity index (χ2n) is 6.75. The van der Waals surface area contributed by atoms with Gasteiger partial charge in [0.1, 0.15) is 4.83 Å². The van der Waals surface area contributed by atoms with Gasteiger partial charge in [-0.25, -0.2) is 4.98 Å². The maximum absolute atomic E-state index is 12.9. The van der Waals surface area contributed by atoms with E-state index in [4.69, 9.17) is 4.74 Å². The molecular weight excluding hydrogens is 370 g/mol. The molecule has 2 aromatic rings. The molecule has 1 aliphatic rings. The third-order valence-corrected chi connectivity index (χ3v) is 6.73. The van der Waals surface area contributed by atoms with Crippen LogP contribution in [0.5, 0.6) is 0 Å². The summed E-state index contributed by atoms with van der Waals surface area (Å²) in [5.41, 5.74) is 0.997. The average molecular weight is 396 g/mol. The quantitative estimate of drug-likeness (QED) is 0.588. The fraction of sp³-hybridized carbons (Fsp3) is 0.611. The molecule has 3 heterocycles. The first-order chi connectivity index (χ1) is 12.3. The topological polar surface area (TPSA) is 64.4 Å². The fourth-order valence-electron chi connectivity index (χ4n) is 3.30. The Kier molecular flexibility index (Phi) is 5.74. The van der Waals surface area contributed by atoms with Gasteiger partial charge in [0.2, 0.25) is 5.91 Å². The van der Waals surface area contributed by atoms with Crippen LogP contribution in [0.2, 0.25) is 0 Å². The van der Waals surface area contributed by atoms with E-state index in [-0.39, 0.29) is 29.4 Å². The minimum absolute atomic E-state index is 0.0112. The van der Waals surface area contributed by atoms with Crippen LogP contribution >= 0.6 is 23.1 Å². The van der Waals surface area contributed by atoms with Crippen LogP contribution in [0, 0.1) is 13.8 Å². The van der Waals surface area contributed by atoms with Crippen LogP contribution in [-0.4, -0.2) is 51.4 Å². The van der Waals surface area contributed by atoms with E-state index in [0.29, 0.717) is 30.2 Å². The molecule has 0 bridgehead atoms. The van der Waals surface area contributed by atoms with Crippen LogP contribution in [0.3, 0.4) is 0 Å². The zero-order valence-electron chi connectivity index (χ0n) is 15.9. The van der Waals surface area contributed by atoms with Gasteiger partial charge in [-0.3, -0.25) is 14.2 Å². The van der Waals surface area contributed by atoms with Crippen molar-refractivity contribution >= 4 is 39.2 Å². The fourth-order valence-corrected chi connectivity index (χ4v) is 5.33. The van der Waals surface area contributed by atoms with Gasteiger partial charge >= 0.3 is 0 Å². The Bertz CT molecular complexity index is 880.